The molecule has 2 heterocycles. The Kier molecular flexibility index (Phi) is 2.54. The van der Waals surface area contributed by atoms with Crippen LogP contribution in [-0.4, -0.2) is 37.1 Å². The minimum atomic E-state index is 0.225. The molecule has 2 rings (SSSR count). The van der Waals surface area contributed by atoms with Gasteiger partial charge in [0.1, 0.15) is 0 Å². The summed E-state index contributed by atoms with van der Waals surface area (Å²) in [5, 5.41) is 0. The second kappa shape index (κ2) is 3.66. The van der Waals surface area contributed by atoms with Crippen molar-refractivity contribution in [2.24, 2.45) is 11.8 Å². The summed E-state index contributed by atoms with van der Waals surface area (Å²) in [6.07, 6.45) is 2.35. The Morgan fingerprint density at radius 1 is 1.23 bits per heavy atom. The predicted molar refractivity (Wildman–Crippen MR) is 49.3 cm³/mol. The van der Waals surface area contributed by atoms with Gasteiger partial charge in [0.25, 0.3) is 0 Å². The van der Waals surface area contributed by atoms with E-state index in [2.05, 4.69) is 0 Å². The highest BCUT2D eigenvalue weighted by Crippen LogP contribution is 2.29. The van der Waals surface area contributed by atoms with Gasteiger partial charge in [-0.15, -0.1) is 0 Å². The number of nitrogens with zero attached hydrogens (tertiary/aromatic N) is 1. The molecule has 1 amide bonds. The molecule has 0 radical (unpaired) electrons. The summed E-state index contributed by atoms with van der Waals surface area (Å²) < 4.78 is 5.18. The molecule has 0 unspecified atom stereocenters. The van der Waals surface area contributed by atoms with E-state index in [9.17, 15) is 4.79 Å². The first-order valence-corrected chi connectivity index (χ1v) is 5.10. The van der Waals surface area contributed by atoms with Gasteiger partial charge in [0, 0.05) is 25.9 Å². The monoisotopic (exact) mass is 183 g/mol. The van der Waals surface area contributed by atoms with Crippen molar-refractivity contribution in [3.63, 3.8) is 0 Å². The third kappa shape index (κ3) is 1.85. The van der Waals surface area contributed by atoms with Gasteiger partial charge in [0.15, 0.2) is 0 Å². The zero-order valence-electron chi connectivity index (χ0n) is 8.16. The largest absolute Gasteiger partial charge is 0.381 e. The summed E-state index contributed by atoms with van der Waals surface area (Å²) in [5.41, 5.74) is 0. The summed E-state index contributed by atoms with van der Waals surface area (Å²) in [7, 11) is 0. The highest BCUT2D eigenvalue weighted by molar-refractivity contribution is 5.73. The average Bonchev–Trinajstić information content (AvgIpc) is 2.02. The van der Waals surface area contributed by atoms with E-state index in [-0.39, 0.29) is 5.91 Å². The lowest BCUT2D eigenvalue weighted by Gasteiger charge is -2.39. The maximum Gasteiger partial charge on any atom is 0.219 e. The number of likely N-dealkylation sites (tertiary alicyclic amines) is 1. The fraction of sp³-hybridized carbons (Fsp3) is 0.900. The lowest BCUT2D eigenvalue weighted by molar-refractivity contribution is -0.132. The zero-order valence-corrected chi connectivity index (χ0v) is 8.16. The Hall–Kier alpha value is -0.570. The second-order valence-electron chi connectivity index (χ2n) is 4.14. The van der Waals surface area contributed by atoms with Gasteiger partial charge >= 0.3 is 0 Å². The fourth-order valence-corrected chi connectivity index (χ4v) is 2.21. The molecular weight excluding hydrogens is 166 g/mol. The van der Waals surface area contributed by atoms with Gasteiger partial charge in [-0.1, -0.05) is 0 Å². The van der Waals surface area contributed by atoms with Crippen LogP contribution in [0.15, 0.2) is 0 Å². The van der Waals surface area contributed by atoms with Crippen LogP contribution in [0.3, 0.4) is 0 Å². The number of amides is 1. The molecule has 3 nitrogen and oxygen atoms in total. The molecule has 74 valence electrons. The molecule has 0 bridgehead atoms. The standard InChI is InChI=1S/C10H17NO2/c1-8(12)11-4-2-9(3-5-11)10-6-13-7-10/h9-10H,2-7H2,1H3. The number of carbonyl (C=O) groups is 1. The van der Waals surface area contributed by atoms with E-state index in [4.69, 9.17) is 4.74 Å². The number of piperidine rings is 1. The normalized spacial score (nSPS) is 25.8. The molecule has 0 N–H and O–H groups in total. The van der Waals surface area contributed by atoms with E-state index in [0.29, 0.717) is 0 Å². The van der Waals surface area contributed by atoms with Crippen LogP contribution in [0, 0.1) is 11.8 Å². The van der Waals surface area contributed by atoms with Gasteiger partial charge in [0.05, 0.1) is 13.2 Å². The highest BCUT2D eigenvalue weighted by Gasteiger charge is 2.31. The minimum Gasteiger partial charge on any atom is -0.381 e. The Balaban J connectivity index is 1.78. The molecule has 2 fully saturated rings. The summed E-state index contributed by atoms with van der Waals surface area (Å²) in [6, 6.07) is 0. The van der Waals surface area contributed by atoms with Crippen LogP contribution in [0.4, 0.5) is 0 Å². The van der Waals surface area contributed by atoms with Crippen molar-refractivity contribution in [3.8, 4) is 0 Å². The number of rotatable bonds is 1. The molecule has 0 atom stereocenters. The molecule has 3 heteroatoms. The number of ether oxygens (including phenoxy) is 1. The van der Waals surface area contributed by atoms with Gasteiger partial charge in [0.2, 0.25) is 5.91 Å². The molecule has 2 aliphatic heterocycles. The smallest absolute Gasteiger partial charge is 0.219 e. The van der Waals surface area contributed by atoms with Crippen molar-refractivity contribution < 1.29 is 9.53 Å². The van der Waals surface area contributed by atoms with E-state index in [1.54, 1.807) is 6.92 Å². The SMILES string of the molecule is CC(=O)N1CCC(C2COC2)CC1. The zero-order chi connectivity index (χ0) is 9.26. The maximum absolute atomic E-state index is 11.1. The van der Waals surface area contributed by atoms with Crippen molar-refractivity contribution in [1.29, 1.82) is 0 Å². The van der Waals surface area contributed by atoms with Crippen LogP contribution >= 0.6 is 0 Å². The first-order chi connectivity index (χ1) is 6.27. The Morgan fingerprint density at radius 2 is 1.85 bits per heavy atom. The molecule has 2 saturated heterocycles. The van der Waals surface area contributed by atoms with Crippen LogP contribution in [0.25, 0.3) is 0 Å². The topological polar surface area (TPSA) is 29.5 Å². The van der Waals surface area contributed by atoms with Crippen molar-refractivity contribution in [2.45, 2.75) is 19.8 Å². The van der Waals surface area contributed by atoms with Crippen molar-refractivity contribution in [2.75, 3.05) is 26.3 Å². The molecule has 0 saturated carbocycles. The lowest BCUT2D eigenvalue weighted by Crippen LogP contribution is -2.43. The fourth-order valence-electron chi connectivity index (χ4n) is 2.21. The van der Waals surface area contributed by atoms with E-state index in [1.807, 2.05) is 4.90 Å². The van der Waals surface area contributed by atoms with E-state index in [1.165, 1.54) is 12.8 Å². The summed E-state index contributed by atoms with van der Waals surface area (Å²) in [5.74, 6) is 1.82. The predicted octanol–water partition coefficient (Wildman–Crippen LogP) is 0.891. The van der Waals surface area contributed by atoms with Crippen LogP contribution in [0.2, 0.25) is 0 Å². The summed E-state index contributed by atoms with van der Waals surface area (Å²) in [6.45, 7) is 5.47. The van der Waals surface area contributed by atoms with Crippen LogP contribution < -0.4 is 0 Å². The van der Waals surface area contributed by atoms with Crippen LogP contribution in [0.5, 0.6) is 0 Å². The van der Waals surface area contributed by atoms with Crippen molar-refractivity contribution in [1.82, 2.24) is 4.90 Å². The molecule has 2 aliphatic rings. The molecule has 0 aliphatic carbocycles. The Labute approximate surface area is 79.0 Å². The van der Waals surface area contributed by atoms with Gasteiger partial charge < -0.3 is 9.64 Å². The average molecular weight is 183 g/mol. The molecule has 0 aromatic carbocycles. The van der Waals surface area contributed by atoms with E-state index >= 15 is 0 Å². The van der Waals surface area contributed by atoms with E-state index < -0.39 is 0 Å². The van der Waals surface area contributed by atoms with Crippen molar-refractivity contribution in [3.05, 3.63) is 0 Å². The summed E-state index contributed by atoms with van der Waals surface area (Å²) in [4.78, 5) is 13.0. The quantitative estimate of drug-likeness (QED) is 0.604. The third-order valence-corrected chi connectivity index (χ3v) is 3.32. The number of hydrogen-bond acceptors (Lipinski definition) is 2. The lowest BCUT2D eigenvalue weighted by atomic mass is 9.83. The number of carbonyl (C=O) groups excluding carboxylic acids is 1. The van der Waals surface area contributed by atoms with Gasteiger partial charge in [-0.3, -0.25) is 4.79 Å². The molecule has 13 heavy (non-hydrogen) atoms. The Bertz CT molecular complexity index is 193. The molecular formula is C10H17NO2. The Morgan fingerprint density at radius 3 is 2.23 bits per heavy atom. The highest BCUT2D eigenvalue weighted by atomic mass is 16.5. The second-order valence-corrected chi connectivity index (χ2v) is 4.14. The van der Waals surface area contributed by atoms with Crippen LogP contribution in [-0.2, 0) is 9.53 Å². The molecule has 0 aromatic rings. The first-order valence-electron chi connectivity index (χ1n) is 5.10. The first kappa shape index (κ1) is 9.00. The van der Waals surface area contributed by atoms with Crippen molar-refractivity contribution >= 4 is 5.91 Å². The number of hydrogen-bond donors (Lipinski definition) is 0. The van der Waals surface area contributed by atoms with Gasteiger partial charge in [-0.2, -0.15) is 0 Å². The maximum atomic E-state index is 11.1. The third-order valence-electron chi connectivity index (χ3n) is 3.32. The summed E-state index contributed by atoms with van der Waals surface area (Å²) >= 11 is 0. The molecule has 0 aromatic heterocycles. The van der Waals surface area contributed by atoms with E-state index in [0.717, 1.165) is 38.1 Å². The van der Waals surface area contributed by atoms with Crippen LogP contribution in [0.1, 0.15) is 19.8 Å². The van der Waals surface area contributed by atoms with Gasteiger partial charge in [-0.25, -0.2) is 0 Å². The minimum absolute atomic E-state index is 0.225. The van der Waals surface area contributed by atoms with Gasteiger partial charge in [-0.05, 0) is 18.8 Å². The molecule has 0 spiro atoms.